The molecule has 8 atom stereocenters. The lowest BCUT2D eigenvalue weighted by atomic mass is 9.92. The quantitative estimate of drug-likeness (QED) is 0.199. The lowest BCUT2D eigenvalue weighted by molar-refractivity contribution is -0.149. The molecule has 2 aromatic rings. The van der Waals surface area contributed by atoms with Crippen molar-refractivity contribution in [2.75, 3.05) is 0 Å². The summed E-state index contributed by atoms with van der Waals surface area (Å²) in [5.41, 5.74) is 4.53. The second-order valence-electron chi connectivity index (χ2n) is 7.90. The average molecular weight is 479 g/mol. The van der Waals surface area contributed by atoms with E-state index in [9.17, 15) is 39.6 Å². The van der Waals surface area contributed by atoms with Gasteiger partial charge in [0.1, 0.15) is 24.4 Å². The fraction of sp³-hybridized carbons (Fsp3) is 0.450. The average Bonchev–Trinajstić information content (AvgIpc) is 3.10. The highest BCUT2D eigenvalue weighted by Gasteiger charge is 2.50. The molecule has 0 saturated carbocycles. The fourth-order valence-corrected chi connectivity index (χ4v) is 3.61. The van der Waals surface area contributed by atoms with Crippen LogP contribution in [-0.4, -0.2) is 77.2 Å². The first-order valence-corrected chi connectivity index (χ1v) is 10.2. The molecule has 1 fully saturated rings. The van der Waals surface area contributed by atoms with Crippen LogP contribution in [0, 0.1) is 5.92 Å². The van der Waals surface area contributed by atoms with Crippen LogP contribution in [0.15, 0.2) is 46.2 Å². The molecule has 2 aromatic heterocycles. The van der Waals surface area contributed by atoms with Gasteiger partial charge >= 0.3 is 11.7 Å². The van der Waals surface area contributed by atoms with Crippen molar-refractivity contribution >= 4 is 11.9 Å². The van der Waals surface area contributed by atoms with Crippen LogP contribution in [0.4, 0.5) is 0 Å². The number of ether oxygens (including phenoxy) is 1. The Labute approximate surface area is 191 Å². The van der Waals surface area contributed by atoms with Crippen molar-refractivity contribution in [1.29, 1.82) is 0 Å². The smallest absolute Gasteiger partial charge is 0.330 e. The highest BCUT2D eigenvalue weighted by Crippen LogP contribution is 2.30. The van der Waals surface area contributed by atoms with Crippen LogP contribution in [0.2, 0.25) is 0 Å². The number of aliphatic hydroxyl groups is 3. The van der Waals surface area contributed by atoms with Gasteiger partial charge in [-0.05, 0) is 12.1 Å². The van der Waals surface area contributed by atoms with Crippen molar-refractivity contribution in [3.63, 3.8) is 0 Å². The van der Waals surface area contributed by atoms with Gasteiger partial charge in [0.05, 0.1) is 11.7 Å². The van der Waals surface area contributed by atoms with Gasteiger partial charge in [-0.2, -0.15) is 0 Å². The second kappa shape index (κ2) is 10.2. The van der Waals surface area contributed by atoms with Crippen LogP contribution >= 0.6 is 0 Å². The predicted molar refractivity (Wildman–Crippen MR) is 113 cm³/mol. The maximum absolute atomic E-state index is 12.7. The molecule has 14 heteroatoms. The topological polar surface area (TPSA) is 230 Å². The normalized spacial score (nSPS) is 25.8. The summed E-state index contributed by atoms with van der Waals surface area (Å²) < 4.78 is 6.19. The number of carboxylic acids is 1. The van der Waals surface area contributed by atoms with E-state index in [-0.39, 0.29) is 5.69 Å². The summed E-state index contributed by atoms with van der Waals surface area (Å²) in [4.78, 5) is 53.8. The number of nitrogens with two attached hydrogens (primary N) is 1. The molecular formula is C20H25N5O9. The molecule has 14 nitrogen and oxygen atoms in total. The summed E-state index contributed by atoms with van der Waals surface area (Å²) in [6.45, 7) is 1.47. The zero-order chi connectivity index (χ0) is 25.2. The van der Waals surface area contributed by atoms with Gasteiger partial charge < -0.3 is 36.2 Å². The molecule has 3 heterocycles. The zero-order valence-electron chi connectivity index (χ0n) is 17.9. The first kappa shape index (κ1) is 25.2. The van der Waals surface area contributed by atoms with E-state index in [2.05, 4.69) is 10.3 Å². The number of aliphatic hydroxyl groups excluding tert-OH is 3. The van der Waals surface area contributed by atoms with Crippen LogP contribution in [0.25, 0.3) is 0 Å². The summed E-state index contributed by atoms with van der Waals surface area (Å²) in [5.74, 6) is -3.45. The van der Waals surface area contributed by atoms with Crippen molar-refractivity contribution in [3.8, 4) is 0 Å². The van der Waals surface area contributed by atoms with Crippen molar-refractivity contribution < 1.29 is 34.8 Å². The number of aromatic nitrogens is 3. The third-order valence-corrected chi connectivity index (χ3v) is 5.65. The molecule has 0 aliphatic carbocycles. The molecule has 1 aliphatic heterocycles. The zero-order valence-corrected chi connectivity index (χ0v) is 17.9. The molecule has 0 aromatic carbocycles. The predicted octanol–water partition coefficient (Wildman–Crippen LogP) is -3.18. The number of nitrogens with one attached hydrogen (secondary N) is 2. The monoisotopic (exact) mass is 479 g/mol. The van der Waals surface area contributed by atoms with Crippen LogP contribution < -0.4 is 22.3 Å². The highest BCUT2D eigenvalue weighted by molar-refractivity contribution is 5.87. The van der Waals surface area contributed by atoms with Gasteiger partial charge in [-0.15, -0.1) is 0 Å². The Bertz CT molecular complexity index is 1140. The van der Waals surface area contributed by atoms with Gasteiger partial charge in [-0.25, -0.2) is 9.59 Å². The third-order valence-electron chi connectivity index (χ3n) is 5.65. The van der Waals surface area contributed by atoms with Gasteiger partial charge in [0.2, 0.25) is 5.91 Å². The van der Waals surface area contributed by atoms with E-state index < -0.39 is 71.8 Å². The van der Waals surface area contributed by atoms with E-state index in [0.717, 1.165) is 16.8 Å². The summed E-state index contributed by atoms with van der Waals surface area (Å²) in [6.07, 6.45) is -5.56. The maximum atomic E-state index is 12.7. The number of carboxylic acid groups (broad SMARTS) is 1. The Morgan fingerprint density at radius 2 is 1.94 bits per heavy atom. The van der Waals surface area contributed by atoms with Crippen molar-refractivity contribution in [2.24, 2.45) is 11.7 Å². The molecule has 0 spiro atoms. The lowest BCUT2D eigenvalue weighted by Gasteiger charge is -2.28. The number of pyridine rings is 1. The van der Waals surface area contributed by atoms with E-state index >= 15 is 0 Å². The van der Waals surface area contributed by atoms with Gasteiger partial charge in [0.15, 0.2) is 12.3 Å². The summed E-state index contributed by atoms with van der Waals surface area (Å²) in [6, 6.07) is 2.54. The number of aromatic amines is 1. The minimum Gasteiger partial charge on any atom is -0.480 e. The summed E-state index contributed by atoms with van der Waals surface area (Å²) >= 11 is 0. The number of nitrogens with zero attached hydrogens (tertiary/aromatic N) is 2. The number of aliphatic carboxylic acids is 1. The van der Waals surface area contributed by atoms with Crippen molar-refractivity contribution in [2.45, 2.75) is 49.7 Å². The van der Waals surface area contributed by atoms with Crippen LogP contribution in [0.5, 0.6) is 0 Å². The Balaban J connectivity index is 1.76. The molecule has 1 amide bonds. The third kappa shape index (κ3) is 5.05. The van der Waals surface area contributed by atoms with E-state index in [4.69, 9.17) is 10.5 Å². The summed E-state index contributed by atoms with van der Waals surface area (Å²) in [7, 11) is 0. The molecule has 1 saturated heterocycles. The van der Waals surface area contributed by atoms with Crippen molar-refractivity contribution in [1.82, 2.24) is 19.9 Å². The molecular weight excluding hydrogens is 454 g/mol. The van der Waals surface area contributed by atoms with E-state index in [1.54, 1.807) is 12.1 Å². The first-order chi connectivity index (χ1) is 16.0. The number of carbonyl (C=O) groups excluding carboxylic acids is 1. The Morgan fingerprint density at radius 1 is 1.24 bits per heavy atom. The molecule has 3 rings (SSSR count). The van der Waals surface area contributed by atoms with E-state index in [1.165, 1.54) is 19.2 Å². The van der Waals surface area contributed by atoms with Gasteiger partial charge in [0.25, 0.3) is 5.56 Å². The van der Waals surface area contributed by atoms with Crippen LogP contribution in [0.1, 0.15) is 24.9 Å². The largest absolute Gasteiger partial charge is 0.480 e. The number of amides is 1. The Morgan fingerprint density at radius 3 is 2.53 bits per heavy atom. The number of hydrogen-bond acceptors (Lipinski definition) is 10. The SMILES string of the molecule is C[C@H]([C@@H](N)C(=O)N[C@@H](C(=O)O)[C@@H]1O[C@H](n2ccc(=O)[nH]c2=O)[C@@H](O)[C@H]1O)[C@@H](O)c1ccccn1. The van der Waals surface area contributed by atoms with Crippen LogP contribution in [0.3, 0.4) is 0 Å². The number of H-pyrrole nitrogens is 1. The lowest BCUT2D eigenvalue weighted by Crippen LogP contribution is -2.57. The fourth-order valence-electron chi connectivity index (χ4n) is 3.61. The van der Waals surface area contributed by atoms with Crippen molar-refractivity contribution in [3.05, 3.63) is 63.2 Å². The maximum Gasteiger partial charge on any atom is 0.330 e. The molecule has 0 unspecified atom stereocenters. The molecule has 8 N–H and O–H groups in total. The van der Waals surface area contributed by atoms with Gasteiger partial charge in [0, 0.05) is 24.4 Å². The molecule has 1 aliphatic rings. The highest BCUT2D eigenvalue weighted by atomic mass is 16.6. The Hall–Kier alpha value is -3.43. The minimum atomic E-state index is -1.87. The molecule has 184 valence electrons. The number of hydrogen-bond donors (Lipinski definition) is 7. The standard InChI is InChI=1S/C20H25N5O9/c1-8(13(27)9-4-2-3-6-22-9)11(21)17(30)24-12(19(31)32)16-14(28)15(29)18(34-16)25-7-5-10(26)23-20(25)33/h2-8,11-16,18,27-29H,21H2,1H3,(H,24,30)(H,31,32)(H,23,26,33)/t8-,11-,12-,13-,14-,15+,16+,18+/m1/s1. The molecule has 0 bridgehead atoms. The minimum absolute atomic E-state index is 0.264. The van der Waals surface area contributed by atoms with Gasteiger partial charge in [-0.1, -0.05) is 13.0 Å². The van der Waals surface area contributed by atoms with E-state index in [0.29, 0.717) is 0 Å². The molecule has 34 heavy (non-hydrogen) atoms. The first-order valence-electron chi connectivity index (χ1n) is 10.2. The summed E-state index contributed by atoms with van der Waals surface area (Å²) in [5, 5.41) is 43.0. The second-order valence-corrected chi connectivity index (χ2v) is 7.90. The number of rotatable bonds is 8. The Kier molecular flexibility index (Phi) is 7.58. The molecule has 0 radical (unpaired) electrons. The van der Waals surface area contributed by atoms with E-state index in [1.807, 2.05) is 4.98 Å². The van der Waals surface area contributed by atoms with Crippen LogP contribution in [-0.2, 0) is 14.3 Å². The number of carbonyl (C=O) groups is 2. The van der Waals surface area contributed by atoms with Gasteiger partial charge in [-0.3, -0.25) is 24.1 Å².